The van der Waals surface area contributed by atoms with Gasteiger partial charge in [-0.15, -0.1) is 0 Å². The molecule has 0 aliphatic carbocycles. The molecule has 0 spiro atoms. The van der Waals surface area contributed by atoms with E-state index in [0.717, 1.165) is 17.9 Å². The third kappa shape index (κ3) is 6.50. The van der Waals surface area contributed by atoms with Gasteiger partial charge < -0.3 is 0 Å². The van der Waals surface area contributed by atoms with Gasteiger partial charge in [0.2, 0.25) is 0 Å². The third-order valence-corrected chi connectivity index (χ3v) is 5.81. The molecule has 134 valence electrons. The molecule has 25 heavy (non-hydrogen) atoms. The van der Waals surface area contributed by atoms with E-state index in [1.165, 1.54) is 25.0 Å². The van der Waals surface area contributed by atoms with E-state index >= 15 is 0 Å². The average Bonchev–Trinajstić information content (AvgIpc) is 2.59. The molecule has 7 heteroatoms. The maximum absolute atomic E-state index is 11.2. The van der Waals surface area contributed by atoms with Crippen LogP contribution >= 0.6 is 0 Å². The van der Waals surface area contributed by atoms with E-state index in [4.69, 9.17) is 8.19 Å². The van der Waals surface area contributed by atoms with Gasteiger partial charge >= 0.3 is 118 Å². The molecule has 2 aromatic rings. The van der Waals surface area contributed by atoms with Crippen molar-refractivity contribution >= 4 is 35.6 Å². The van der Waals surface area contributed by atoms with Crippen LogP contribution in [0.5, 0.6) is 0 Å². The summed E-state index contributed by atoms with van der Waals surface area (Å²) in [7, 11) is 0. The SMILES string of the molecule is CCCC(C)CNc1ccc(N=Nc2ccc([As](=O)(O)O)cc2)cc1. The molecule has 0 aliphatic rings. The first-order valence-electron chi connectivity index (χ1n) is 8.30. The molecule has 3 N–H and O–H groups in total. The summed E-state index contributed by atoms with van der Waals surface area (Å²) in [5, 5.41) is 11.6. The van der Waals surface area contributed by atoms with Gasteiger partial charge in [0, 0.05) is 0 Å². The van der Waals surface area contributed by atoms with E-state index in [9.17, 15) is 3.74 Å². The summed E-state index contributed by atoms with van der Waals surface area (Å²) in [5.41, 5.74) is 2.31. The molecular weight excluding hydrogens is 381 g/mol. The fourth-order valence-electron chi connectivity index (χ4n) is 2.36. The minimum atomic E-state index is -4.84. The van der Waals surface area contributed by atoms with E-state index in [1.807, 2.05) is 24.3 Å². The van der Waals surface area contributed by atoms with E-state index in [-0.39, 0.29) is 4.35 Å². The van der Waals surface area contributed by atoms with Crippen LogP contribution in [0.25, 0.3) is 0 Å². The summed E-state index contributed by atoms with van der Waals surface area (Å²) in [4.78, 5) is 0. The van der Waals surface area contributed by atoms with Crippen molar-refractivity contribution in [1.29, 1.82) is 0 Å². The monoisotopic (exact) mass is 405 g/mol. The molecule has 0 aliphatic heterocycles. The average molecular weight is 405 g/mol. The van der Waals surface area contributed by atoms with Crippen LogP contribution < -0.4 is 9.67 Å². The molecule has 1 unspecified atom stereocenters. The van der Waals surface area contributed by atoms with Gasteiger partial charge in [-0.05, 0) is 12.3 Å². The van der Waals surface area contributed by atoms with Gasteiger partial charge in [-0.25, -0.2) is 0 Å². The summed E-state index contributed by atoms with van der Waals surface area (Å²) >= 11 is -4.84. The van der Waals surface area contributed by atoms with Gasteiger partial charge in [0.25, 0.3) is 0 Å². The Morgan fingerprint density at radius 1 is 1.00 bits per heavy atom. The second-order valence-electron chi connectivity index (χ2n) is 6.08. The van der Waals surface area contributed by atoms with Crippen molar-refractivity contribution in [2.24, 2.45) is 16.1 Å². The van der Waals surface area contributed by atoms with Crippen LogP contribution in [0.2, 0.25) is 0 Å². The Hall–Kier alpha value is -1.88. The Balaban J connectivity index is 1.94. The van der Waals surface area contributed by atoms with Gasteiger partial charge in [-0.3, -0.25) is 0 Å². The van der Waals surface area contributed by atoms with Crippen LogP contribution in [0.4, 0.5) is 17.1 Å². The minimum absolute atomic E-state index is 0.0322. The fraction of sp³-hybridized carbons (Fsp3) is 0.333. The summed E-state index contributed by atoms with van der Waals surface area (Å²) < 4.78 is 29.5. The van der Waals surface area contributed by atoms with Gasteiger partial charge in [0.05, 0.1) is 0 Å². The van der Waals surface area contributed by atoms with Crippen molar-refractivity contribution in [2.45, 2.75) is 26.7 Å². The van der Waals surface area contributed by atoms with E-state index in [1.54, 1.807) is 12.1 Å². The summed E-state index contributed by atoms with van der Waals surface area (Å²) in [6.07, 6.45) is 2.40. The fourth-order valence-corrected chi connectivity index (χ4v) is 3.49. The zero-order valence-electron chi connectivity index (χ0n) is 14.5. The van der Waals surface area contributed by atoms with Crippen LogP contribution in [0.15, 0.2) is 58.8 Å². The Bertz CT molecular complexity index is 739. The second kappa shape index (κ2) is 8.99. The standard InChI is InChI=1S/C18H24AsN3O3/c1-3-4-14(2)13-20-16-9-11-18(12-10-16)22-21-17-7-5-15(6-8-17)19(23,24)25/h5-12,14,20H,3-4,13H2,1-2H3,(H2,23,24,25). The second-order valence-corrected chi connectivity index (χ2v) is 9.45. The number of anilines is 1. The normalized spacial score (nSPS) is 13.1. The molecule has 0 fully saturated rings. The number of azo groups is 1. The van der Waals surface area contributed by atoms with Crippen molar-refractivity contribution in [2.75, 3.05) is 11.9 Å². The third-order valence-electron chi connectivity index (χ3n) is 3.77. The molecule has 0 saturated heterocycles. The predicted octanol–water partition coefficient (Wildman–Crippen LogP) is 3.51. The molecule has 1 atom stereocenters. The zero-order valence-corrected chi connectivity index (χ0v) is 16.3. The molecule has 0 radical (unpaired) electrons. The Morgan fingerprint density at radius 2 is 1.52 bits per heavy atom. The molecule has 0 bridgehead atoms. The zero-order chi connectivity index (χ0) is 18.3. The van der Waals surface area contributed by atoms with Crippen LogP contribution in [0.1, 0.15) is 26.7 Å². The topological polar surface area (TPSA) is 94.3 Å². The molecule has 6 nitrogen and oxygen atoms in total. The number of hydrogen-bond donors (Lipinski definition) is 3. The van der Waals surface area contributed by atoms with Gasteiger partial charge in [-0.1, -0.05) is 20.3 Å². The molecular formula is C18H24AsN3O3. The molecule has 0 amide bonds. The summed E-state index contributed by atoms with van der Waals surface area (Å²) in [6, 6.07) is 13.6. The van der Waals surface area contributed by atoms with Crippen molar-refractivity contribution in [3.63, 3.8) is 0 Å². The van der Waals surface area contributed by atoms with E-state index in [0.29, 0.717) is 11.6 Å². The summed E-state index contributed by atoms with van der Waals surface area (Å²) in [6.45, 7) is 5.37. The van der Waals surface area contributed by atoms with Crippen molar-refractivity contribution in [1.82, 2.24) is 0 Å². The summed E-state index contributed by atoms with van der Waals surface area (Å²) in [5.74, 6) is 0.641. The van der Waals surface area contributed by atoms with E-state index < -0.39 is 14.2 Å². The van der Waals surface area contributed by atoms with Crippen molar-refractivity contribution in [3.8, 4) is 0 Å². The molecule has 0 saturated carbocycles. The van der Waals surface area contributed by atoms with Crippen molar-refractivity contribution < 1.29 is 11.9 Å². The van der Waals surface area contributed by atoms with Crippen LogP contribution in [0, 0.1) is 5.92 Å². The predicted molar refractivity (Wildman–Crippen MR) is 100 cm³/mol. The Kier molecular flexibility index (Phi) is 6.99. The van der Waals surface area contributed by atoms with Gasteiger partial charge in [0.15, 0.2) is 0 Å². The van der Waals surface area contributed by atoms with Crippen molar-refractivity contribution in [3.05, 3.63) is 48.5 Å². The number of nitrogens with zero attached hydrogens (tertiary/aromatic N) is 2. The maximum atomic E-state index is 11.2. The van der Waals surface area contributed by atoms with Crippen LogP contribution in [-0.4, -0.2) is 28.9 Å². The van der Waals surface area contributed by atoms with Gasteiger partial charge in [-0.2, -0.15) is 0 Å². The number of benzene rings is 2. The number of rotatable bonds is 8. The van der Waals surface area contributed by atoms with Crippen LogP contribution in [-0.2, 0) is 3.74 Å². The molecule has 0 heterocycles. The Morgan fingerprint density at radius 3 is 2.00 bits per heavy atom. The number of hydrogen-bond acceptors (Lipinski definition) is 4. The van der Waals surface area contributed by atoms with E-state index in [2.05, 4.69) is 29.4 Å². The number of nitrogens with one attached hydrogen (secondary N) is 1. The molecule has 2 rings (SSSR count). The molecule has 2 aromatic carbocycles. The van der Waals surface area contributed by atoms with Gasteiger partial charge in [0.1, 0.15) is 0 Å². The molecule has 0 aromatic heterocycles. The quantitative estimate of drug-likeness (QED) is 0.463. The first kappa shape index (κ1) is 19.4. The first-order chi connectivity index (χ1) is 11.9. The Labute approximate surface area is 151 Å². The van der Waals surface area contributed by atoms with Crippen LogP contribution in [0.3, 0.4) is 0 Å². The first-order valence-corrected chi connectivity index (χ1v) is 11.7.